The van der Waals surface area contributed by atoms with E-state index in [1.165, 1.54) is 5.56 Å². The fourth-order valence-electron chi connectivity index (χ4n) is 3.62. The van der Waals surface area contributed by atoms with Crippen LogP contribution in [0, 0.1) is 0 Å². The lowest BCUT2D eigenvalue weighted by Gasteiger charge is -2.36. The highest BCUT2D eigenvalue weighted by molar-refractivity contribution is 5.20. The third-order valence-corrected chi connectivity index (χ3v) is 4.44. The zero-order valence-corrected chi connectivity index (χ0v) is 10.5. The van der Waals surface area contributed by atoms with Crippen molar-refractivity contribution in [3.63, 3.8) is 0 Å². The maximum Gasteiger partial charge on any atom is 0.140 e. The fraction of sp³-hybridized carbons (Fsp3) is 0.467. The molecule has 1 fully saturated rings. The molecule has 0 bridgehead atoms. The predicted molar refractivity (Wildman–Crippen MR) is 69.7 cm³/mol. The van der Waals surface area contributed by atoms with Crippen LogP contribution in [0.5, 0.6) is 0 Å². The van der Waals surface area contributed by atoms with Gasteiger partial charge in [-0.3, -0.25) is 0 Å². The van der Waals surface area contributed by atoms with E-state index in [2.05, 4.69) is 30.3 Å². The number of aliphatic hydroxyl groups is 2. The predicted octanol–water partition coefficient (Wildman–Crippen LogP) is 1.07. The molecule has 1 saturated heterocycles. The van der Waals surface area contributed by atoms with Gasteiger partial charge in [-0.15, -0.1) is 0 Å². The van der Waals surface area contributed by atoms with Gasteiger partial charge < -0.3 is 14.7 Å². The number of rotatable bonds is 3. The highest BCUT2D eigenvalue weighted by Gasteiger charge is 2.51. The van der Waals surface area contributed by atoms with Crippen LogP contribution in [0.2, 0.25) is 0 Å². The molecule has 18 heavy (non-hydrogen) atoms. The average Bonchev–Trinajstić information content (AvgIpc) is 2.90. The lowest BCUT2D eigenvalue weighted by molar-refractivity contribution is -0.938. The van der Waals surface area contributed by atoms with E-state index in [4.69, 9.17) is 0 Å². The van der Waals surface area contributed by atoms with Crippen LogP contribution in [-0.4, -0.2) is 46.5 Å². The maximum absolute atomic E-state index is 10.2. The van der Waals surface area contributed by atoms with E-state index < -0.39 is 0 Å². The molecule has 3 heteroatoms. The Balaban J connectivity index is 1.87. The van der Waals surface area contributed by atoms with Crippen LogP contribution in [0.3, 0.4) is 0 Å². The largest absolute Gasteiger partial charge is 0.392 e. The quantitative estimate of drug-likeness (QED) is 0.618. The van der Waals surface area contributed by atoms with Crippen LogP contribution < -0.4 is 0 Å². The fourth-order valence-corrected chi connectivity index (χ4v) is 3.62. The first-order valence-corrected chi connectivity index (χ1v) is 6.63. The molecule has 2 aliphatic heterocycles. The van der Waals surface area contributed by atoms with Crippen molar-refractivity contribution in [1.82, 2.24) is 0 Å². The minimum atomic E-state index is -0.297. The van der Waals surface area contributed by atoms with Gasteiger partial charge in [0, 0.05) is 17.6 Å². The molecule has 2 heterocycles. The number of hydrogen-bond donors (Lipinski definition) is 2. The molecule has 96 valence electrons. The summed E-state index contributed by atoms with van der Waals surface area (Å²) in [5.74, 6) is 0. The molecule has 1 aromatic carbocycles. The molecule has 0 radical (unpaired) electrons. The monoisotopic (exact) mass is 246 g/mol. The van der Waals surface area contributed by atoms with Gasteiger partial charge in [0.25, 0.3) is 0 Å². The van der Waals surface area contributed by atoms with Crippen molar-refractivity contribution in [2.45, 2.75) is 25.1 Å². The maximum atomic E-state index is 10.2. The molecule has 2 aliphatic rings. The standard InChI is InChI=1S/C15H20NO2/c17-11-13-6-8-16(9-7-14(18)15(13)16)10-12-4-2-1-3-5-12/h1-6,14-15,17-18H,7-11H2/q+1/t14?,15-,16?/m1/s1. The molecule has 0 spiro atoms. The Hall–Kier alpha value is -1.16. The number of quaternary nitrogens is 1. The second-order valence-electron chi connectivity index (χ2n) is 5.51. The highest BCUT2D eigenvalue weighted by Crippen LogP contribution is 2.38. The topological polar surface area (TPSA) is 40.5 Å². The van der Waals surface area contributed by atoms with Crippen molar-refractivity contribution in [3.8, 4) is 0 Å². The molecule has 0 amide bonds. The van der Waals surface area contributed by atoms with Gasteiger partial charge in [0.1, 0.15) is 18.7 Å². The number of aliphatic hydroxyl groups excluding tert-OH is 2. The minimum absolute atomic E-state index is 0.0799. The molecule has 1 aromatic rings. The summed E-state index contributed by atoms with van der Waals surface area (Å²) >= 11 is 0. The highest BCUT2D eigenvalue weighted by atomic mass is 16.3. The van der Waals surface area contributed by atoms with E-state index in [-0.39, 0.29) is 18.8 Å². The lowest BCUT2D eigenvalue weighted by atomic mass is 10.0. The van der Waals surface area contributed by atoms with Crippen LogP contribution in [0.25, 0.3) is 0 Å². The smallest absolute Gasteiger partial charge is 0.140 e. The van der Waals surface area contributed by atoms with Crippen molar-refractivity contribution in [1.29, 1.82) is 0 Å². The summed E-state index contributed by atoms with van der Waals surface area (Å²) in [6.07, 6.45) is 2.67. The van der Waals surface area contributed by atoms with Gasteiger partial charge in [-0.25, -0.2) is 0 Å². The summed E-state index contributed by atoms with van der Waals surface area (Å²) in [4.78, 5) is 0. The Morgan fingerprint density at radius 2 is 2.00 bits per heavy atom. The molecule has 0 aliphatic carbocycles. The van der Waals surface area contributed by atoms with Crippen molar-refractivity contribution in [2.24, 2.45) is 0 Å². The normalized spacial score (nSPS) is 34.4. The molecular formula is C15H20NO2+. The van der Waals surface area contributed by atoms with Crippen LogP contribution in [-0.2, 0) is 6.54 Å². The van der Waals surface area contributed by atoms with Crippen LogP contribution in [0.15, 0.2) is 42.0 Å². The lowest BCUT2D eigenvalue weighted by Crippen LogP contribution is -2.51. The summed E-state index contributed by atoms with van der Waals surface area (Å²) in [5, 5.41) is 19.6. The number of fused-ring (bicyclic) bond motifs is 1. The van der Waals surface area contributed by atoms with E-state index in [1.807, 2.05) is 6.07 Å². The van der Waals surface area contributed by atoms with Crippen molar-refractivity contribution < 1.29 is 14.7 Å². The third-order valence-electron chi connectivity index (χ3n) is 4.44. The Morgan fingerprint density at radius 1 is 1.22 bits per heavy atom. The van der Waals surface area contributed by atoms with Gasteiger partial charge in [-0.05, 0) is 6.08 Å². The Labute approximate surface area is 108 Å². The van der Waals surface area contributed by atoms with Crippen LogP contribution in [0.4, 0.5) is 0 Å². The zero-order chi connectivity index (χ0) is 12.6. The number of nitrogens with zero attached hydrogens (tertiary/aromatic N) is 1. The molecule has 2 unspecified atom stereocenters. The van der Waals surface area contributed by atoms with E-state index >= 15 is 0 Å². The summed E-state index contributed by atoms with van der Waals surface area (Å²) in [5.41, 5.74) is 2.33. The van der Waals surface area contributed by atoms with E-state index in [0.717, 1.165) is 36.1 Å². The van der Waals surface area contributed by atoms with Gasteiger partial charge in [-0.1, -0.05) is 30.3 Å². The average molecular weight is 246 g/mol. The molecule has 3 atom stereocenters. The molecule has 3 nitrogen and oxygen atoms in total. The van der Waals surface area contributed by atoms with Gasteiger partial charge in [-0.2, -0.15) is 0 Å². The van der Waals surface area contributed by atoms with Gasteiger partial charge in [0.15, 0.2) is 0 Å². The number of benzene rings is 1. The van der Waals surface area contributed by atoms with Crippen LogP contribution >= 0.6 is 0 Å². The van der Waals surface area contributed by atoms with E-state index in [0.29, 0.717) is 0 Å². The molecule has 0 saturated carbocycles. The molecular weight excluding hydrogens is 226 g/mol. The second kappa shape index (κ2) is 4.50. The third kappa shape index (κ3) is 1.79. The minimum Gasteiger partial charge on any atom is -0.392 e. The zero-order valence-electron chi connectivity index (χ0n) is 10.5. The first-order chi connectivity index (χ1) is 8.75. The van der Waals surface area contributed by atoms with E-state index in [9.17, 15) is 10.2 Å². The van der Waals surface area contributed by atoms with Crippen molar-refractivity contribution in [3.05, 3.63) is 47.5 Å². The van der Waals surface area contributed by atoms with Crippen molar-refractivity contribution >= 4 is 0 Å². The Kier molecular flexibility index (Phi) is 2.98. The van der Waals surface area contributed by atoms with E-state index in [1.54, 1.807) is 0 Å². The summed E-state index contributed by atoms with van der Waals surface area (Å²) in [7, 11) is 0. The Bertz CT molecular complexity index is 457. The van der Waals surface area contributed by atoms with Gasteiger partial charge in [0.05, 0.1) is 19.7 Å². The van der Waals surface area contributed by atoms with Crippen LogP contribution in [0.1, 0.15) is 12.0 Å². The molecule has 2 N–H and O–H groups in total. The van der Waals surface area contributed by atoms with Gasteiger partial charge >= 0.3 is 0 Å². The molecule has 3 rings (SSSR count). The summed E-state index contributed by atoms with van der Waals surface area (Å²) < 4.78 is 0.890. The number of hydrogen-bond acceptors (Lipinski definition) is 2. The first-order valence-electron chi connectivity index (χ1n) is 6.63. The first kappa shape index (κ1) is 11.9. The van der Waals surface area contributed by atoms with Crippen molar-refractivity contribution in [2.75, 3.05) is 19.7 Å². The molecule has 0 aromatic heterocycles. The van der Waals surface area contributed by atoms with Gasteiger partial charge in [0.2, 0.25) is 0 Å². The summed E-state index contributed by atoms with van der Waals surface area (Å²) in [6.45, 7) is 2.96. The Morgan fingerprint density at radius 3 is 2.72 bits per heavy atom. The SMILES string of the molecule is OCC1=CC[N+]2(Cc3ccccc3)CCC(O)[C@@H]12. The summed E-state index contributed by atoms with van der Waals surface area (Å²) in [6, 6.07) is 10.5. The second-order valence-corrected chi connectivity index (χ2v) is 5.51.